The first-order valence-electron chi connectivity index (χ1n) is 6.59. The van der Waals surface area contributed by atoms with Crippen molar-refractivity contribution in [3.63, 3.8) is 0 Å². The Hall–Kier alpha value is -1.33. The fourth-order valence-corrected chi connectivity index (χ4v) is 2.74. The average Bonchev–Trinajstić information content (AvgIpc) is 2.40. The highest BCUT2D eigenvalue weighted by atomic mass is 15.2. The number of hydrogen-bond acceptors (Lipinski definition) is 2. The van der Waals surface area contributed by atoms with E-state index in [1.807, 2.05) is 12.1 Å². The molecular weight excluding hydrogens is 208 g/mol. The quantitative estimate of drug-likeness (QED) is 0.791. The van der Waals surface area contributed by atoms with Crippen molar-refractivity contribution in [3.05, 3.63) is 35.4 Å². The highest BCUT2D eigenvalue weighted by Gasteiger charge is 2.22. The number of piperidine rings is 1. The number of benzene rings is 1. The van der Waals surface area contributed by atoms with Crippen molar-refractivity contribution < 1.29 is 0 Å². The van der Waals surface area contributed by atoms with Crippen LogP contribution in [0.3, 0.4) is 0 Å². The van der Waals surface area contributed by atoms with E-state index in [4.69, 9.17) is 5.26 Å². The summed E-state index contributed by atoms with van der Waals surface area (Å²) in [6.07, 6.45) is 5.05. The topological polar surface area (TPSA) is 27.0 Å². The molecule has 1 atom stereocenters. The van der Waals surface area contributed by atoms with Crippen molar-refractivity contribution in [2.45, 2.75) is 38.6 Å². The number of nitriles is 1. The monoisotopic (exact) mass is 228 g/mol. The van der Waals surface area contributed by atoms with Gasteiger partial charge in [0, 0.05) is 6.04 Å². The molecule has 0 bridgehead atoms. The second kappa shape index (κ2) is 5.84. The summed E-state index contributed by atoms with van der Waals surface area (Å²) in [6.45, 7) is 4.61. The van der Waals surface area contributed by atoms with Crippen LogP contribution in [-0.2, 0) is 0 Å². The second-order valence-electron chi connectivity index (χ2n) is 4.78. The van der Waals surface area contributed by atoms with Crippen LogP contribution in [0, 0.1) is 11.3 Å². The van der Waals surface area contributed by atoms with Gasteiger partial charge in [-0.05, 0) is 50.0 Å². The van der Waals surface area contributed by atoms with Crippen LogP contribution in [-0.4, -0.2) is 18.0 Å². The van der Waals surface area contributed by atoms with Gasteiger partial charge in [0.2, 0.25) is 0 Å². The molecule has 2 heteroatoms. The molecule has 2 rings (SSSR count). The number of hydrogen-bond donors (Lipinski definition) is 0. The van der Waals surface area contributed by atoms with Crippen LogP contribution in [0.15, 0.2) is 24.3 Å². The Bertz CT molecular complexity index is 404. The summed E-state index contributed by atoms with van der Waals surface area (Å²) in [4.78, 5) is 2.57. The molecule has 2 nitrogen and oxygen atoms in total. The summed E-state index contributed by atoms with van der Waals surface area (Å²) < 4.78 is 0. The Morgan fingerprint density at radius 2 is 2.29 bits per heavy atom. The van der Waals surface area contributed by atoms with Crippen molar-refractivity contribution in [2.75, 3.05) is 13.1 Å². The zero-order valence-electron chi connectivity index (χ0n) is 10.5. The molecule has 1 aromatic carbocycles. The maximum absolute atomic E-state index is 8.97. The van der Waals surface area contributed by atoms with Gasteiger partial charge in [-0.15, -0.1) is 0 Å². The molecule has 1 aliphatic heterocycles. The molecule has 90 valence electrons. The third-order valence-electron chi connectivity index (χ3n) is 3.52. The van der Waals surface area contributed by atoms with Gasteiger partial charge in [0.05, 0.1) is 11.6 Å². The Kier molecular flexibility index (Phi) is 4.17. The van der Waals surface area contributed by atoms with Gasteiger partial charge in [0.15, 0.2) is 0 Å². The van der Waals surface area contributed by atoms with Crippen molar-refractivity contribution >= 4 is 0 Å². The molecule has 0 aromatic heterocycles. The molecule has 0 spiro atoms. The molecule has 0 radical (unpaired) electrons. The van der Waals surface area contributed by atoms with E-state index in [-0.39, 0.29) is 0 Å². The lowest BCUT2D eigenvalue weighted by Crippen LogP contribution is -2.33. The van der Waals surface area contributed by atoms with Gasteiger partial charge in [-0.25, -0.2) is 0 Å². The van der Waals surface area contributed by atoms with Crippen molar-refractivity contribution in [2.24, 2.45) is 0 Å². The Balaban J connectivity index is 2.20. The van der Waals surface area contributed by atoms with Gasteiger partial charge in [-0.3, -0.25) is 4.90 Å². The first-order chi connectivity index (χ1) is 8.35. The molecule has 17 heavy (non-hydrogen) atoms. The SMILES string of the molecule is CCCN1CCCCC1c1cccc(C#N)c1. The lowest BCUT2D eigenvalue weighted by atomic mass is 9.94. The van der Waals surface area contributed by atoms with Gasteiger partial charge >= 0.3 is 0 Å². The van der Waals surface area contributed by atoms with E-state index in [0.717, 1.165) is 5.56 Å². The van der Waals surface area contributed by atoms with E-state index in [2.05, 4.69) is 30.0 Å². The van der Waals surface area contributed by atoms with Crippen molar-refractivity contribution in [1.82, 2.24) is 4.90 Å². The standard InChI is InChI=1S/C15H20N2/c1-2-9-17-10-4-3-8-15(17)14-7-5-6-13(11-14)12-16/h5-7,11,15H,2-4,8-10H2,1H3. The van der Waals surface area contributed by atoms with Gasteiger partial charge in [0.25, 0.3) is 0 Å². The van der Waals surface area contributed by atoms with Crippen LogP contribution in [0.25, 0.3) is 0 Å². The molecular formula is C15H20N2. The predicted octanol–water partition coefficient (Wildman–Crippen LogP) is 3.50. The van der Waals surface area contributed by atoms with Crippen LogP contribution in [0.4, 0.5) is 0 Å². The zero-order valence-corrected chi connectivity index (χ0v) is 10.5. The third kappa shape index (κ3) is 2.87. The summed E-state index contributed by atoms with van der Waals surface area (Å²) >= 11 is 0. The molecule has 0 aliphatic carbocycles. The third-order valence-corrected chi connectivity index (χ3v) is 3.52. The summed E-state index contributed by atoms with van der Waals surface area (Å²) in [6, 6.07) is 10.9. The number of likely N-dealkylation sites (tertiary alicyclic amines) is 1. The van der Waals surface area contributed by atoms with Crippen LogP contribution >= 0.6 is 0 Å². The molecule has 0 N–H and O–H groups in total. The molecule has 0 saturated carbocycles. The van der Waals surface area contributed by atoms with E-state index in [1.54, 1.807) is 0 Å². The Morgan fingerprint density at radius 1 is 1.41 bits per heavy atom. The van der Waals surface area contributed by atoms with E-state index < -0.39 is 0 Å². The highest BCUT2D eigenvalue weighted by molar-refractivity contribution is 5.34. The zero-order chi connectivity index (χ0) is 12.1. The van der Waals surface area contributed by atoms with E-state index >= 15 is 0 Å². The minimum absolute atomic E-state index is 0.525. The van der Waals surface area contributed by atoms with E-state index in [9.17, 15) is 0 Å². The van der Waals surface area contributed by atoms with Crippen molar-refractivity contribution in [3.8, 4) is 6.07 Å². The fourth-order valence-electron chi connectivity index (χ4n) is 2.74. The van der Waals surface area contributed by atoms with Gasteiger partial charge in [0.1, 0.15) is 0 Å². The minimum atomic E-state index is 0.525. The van der Waals surface area contributed by atoms with E-state index in [0.29, 0.717) is 6.04 Å². The van der Waals surface area contributed by atoms with Crippen LogP contribution in [0.5, 0.6) is 0 Å². The molecule has 1 unspecified atom stereocenters. The van der Waals surface area contributed by atoms with Gasteiger partial charge < -0.3 is 0 Å². The first kappa shape index (κ1) is 12.1. The summed E-state index contributed by atoms with van der Waals surface area (Å²) in [5.41, 5.74) is 2.10. The minimum Gasteiger partial charge on any atom is -0.296 e. The Labute approximate surface area is 104 Å². The summed E-state index contributed by atoms with van der Waals surface area (Å²) in [7, 11) is 0. The van der Waals surface area contributed by atoms with Crippen LogP contribution in [0.2, 0.25) is 0 Å². The van der Waals surface area contributed by atoms with Gasteiger partial charge in [-0.2, -0.15) is 5.26 Å². The molecule has 1 aromatic rings. The summed E-state index contributed by atoms with van der Waals surface area (Å²) in [5.74, 6) is 0. The maximum Gasteiger partial charge on any atom is 0.0991 e. The smallest absolute Gasteiger partial charge is 0.0991 e. The number of nitrogens with zero attached hydrogens (tertiary/aromatic N) is 2. The van der Waals surface area contributed by atoms with Crippen LogP contribution < -0.4 is 0 Å². The molecule has 1 heterocycles. The largest absolute Gasteiger partial charge is 0.296 e. The van der Waals surface area contributed by atoms with Crippen molar-refractivity contribution in [1.29, 1.82) is 5.26 Å². The molecule has 1 aliphatic rings. The predicted molar refractivity (Wildman–Crippen MR) is 69.6 cm³/mol. The first-order valence-corrected chi connectivity index (χ1v) is 6.59. The lowest BCUT2D eigenvalue weighted by Gasteiger charge is -2.36. The lowest BCUT2D eigenvalue weighted by molar-refractivity contribution is 0.149. The maximum atomic E-state index is 8.97. The Morgan fingerprint density at radius 3 is 3.06 bits per heavy atom. The fraction of sp³-hybridized carbons (Fsp3) is 0.533. The van der Waals surface area contributed by atoms with E-state index in [1.165, 1.54) is 44.3 Å². The van der Waals surface area contributed by atoms with Gasteiger partial charge in [-0.1, -0.05) is 25.5 Å². The van der Waals surface area contributed by atoms with Crippen LogP contribution in [0.1, 0.15) is 49.8 Å². The number of rotatable bonds is 3. The molecule has 0 amide bonds. The molecule has 1 fully saturated rings. The molecule has 1 saturated heterocycles. The average molecular weight is 228 g/mol. The summed E-state index contributed by atoms with van der Waals surface area (Å²) in [5, 5.41) is 8.97. The normalized spacial score (nSPS) is 21.1. The highest BCUT2D eigenvalue weighted by Crippen LogP contribution is 2.31. The second-order valence-corrected chi connectivity index (χ2v) is 4.78.